The Hall–Kier alpha value is -1.01. The highest BCUT2D eigenvalue weighted by atomic mass is 35.5. The van der Waals surface area contributed by atoms with Crippen LogP contribution in [0.15, 0.2) is 18.2 Å². The number of piperazine rings is 1. The van der Waals surface area contributed by atoms with E-state index in [4.69, 9.17) is 27.9 Å². The van der Waals surface area contributed by atoms with Crippen molar-refractivity contribution in [2.45, 2.75) is 13.0 Å². The minimum Gasteiger partial charge on any atom is -0.481 e. The van der Waals surface area contributed by atoms with E-state index < -0.39 is 6.10 Å². The monoisotopic (exact) mass is 345 g/mol. The SMILES string of the molecule is CC(Oc1cc(Cl)cc(Cl)c1)C(=O)NCCN1CCNCC1. The van der Waals surface area contributed by atoms with Gasteiger partial charge >= 0.3 is 0 Å². The van der Waals surface area contributed by atoms with Gasteiger partial charge in [-0.1, -0.05) is 23.2 Å². The van der Waals surface area contributed by atoms with Crippen molar-refractivity contribution in [3.63, 3.8) is 0 Å². The Balaban J connectivity index is 1.74. The zero-order valence-electron chi connectivity index (χ0n) is 12.6. The maximum absolute atomic E-state index is 12.0. The highest BCUT2D eigenvalue weighted by Crippen LogP contribution is 2.24. The lowest BCUT2D eigenvalue weighted by molar-refractivity contribution is -0.127. The third kappa shape index (κ3) is 5.65. The number of carbonyl (C=O) groups excluding carboxylic acids is 1. The quantitative estimate of drug-likeness (QED) is 0.825. The van der Waals surface area contributed by atoms with Crippen LogP contribution in [-0.4, -0.2) is 56.2 Å². The fraction of sp³-hybridized carbons (Fsp3) is 0.533. The molecule has 1 fully saturated rings. The number of hydrogen-bond acceptors (Lipinski definition) is 4. The van der Waals surface area contributed by atoms with Crippen molar-refractivity contribution < 1.29 is 9.53 Å². The molecule has 2 N–H and O–H groups in total. The number of carbonyl (C=O) groups is 1. The number of rotatable bonds is 6. The minimum absolute atomic E-state index is 0.147. The second kappa shape index (κ2) is 8.58. The summed E-state index contributed by atoms with van der Waals surface area (Å²) < 4.78 is 5.58. The van der Waals surface area contributed by atoms with Crippen molar-refractivity contribution in [1.29, 1.82) is 0 Å². The van der Waals surface area contributed by atoms with E-state index in [-0.39, 0.29) is 5.91 Å². The first-order valence-corrected chi connectivity index (χ1v) is 8.14. The lowest BCUT2D eigenvalue weighted by atomic mass is 10.3. The van der Waals surface area contributed by atoms with Gasteiger partial charge < -0.3 is 15.4 Å². The number of nitrogens with one attached hydrogen (secondary N) is 2. The first-order chi connectivity index (χ1) is 10.5. The molecule has 0 radical (unpaired) electrons. The van der Waals surface area contributed by atoms with Crippen molar-refractivity contribution >= 4 is 29.1 Å². The summed E-state index contributed by atoms with van der Waals surface area (Å²) in [5.41, 5.74) is 0. The van der Waals surface area contributed by atoms with Crippen LogP contribution in [0.4, 0.5) is 0 Å². The number of amides is 1. The number of hydrogen-bond donors (Lipinski definition) is 2. The van der Waals surface area contributed by atoms with Gasteiger partial charge in [0.1, 0.15) is 5.75 Å². The van der Waals surface area contributed by atoms with Crippen molar-refractivity contribution in [3.8, 4) is 5.75 Å². The molecule has 1 saturated heterocycles. The van der Waals surface area contributed by atoms with Gasteiger partial charge in [-0.2, -0.15) is 0 Å². The van der Waals surface area contributed by atoms with Gasteiger partial charge in [-0.15, -0.1) is 0 Å². The van der Waals surface area contributed by atoms with Crippen LogP contribution in [0.2, 0.25) is 10.0 Å². The molecular weight excluding hydrogens is 325 g/mol. The first-order valence-electron chi connectivity index (χ1n) is 7.38. The molecular formula is C15H21Cl2N3O2. The molecule has 0 bridgehead atoms. The predicted molar refractivity (Wildman–Crippen MR) is 88.9 cm³/mol. The van der Waals surface area contributed by atoms with Crippen LogP contribution in [-0.2, 0) is 4.79 Å². The summed E-state index contributed by atoms with van der Waals surface area (Å²) in [5.74, 6) is 0.341. The largest absolute Gasteiger partial charge is 0.481 e. The van der Waals surface area contributed by atoms with Gasteiger partial charge in [0.25, 0.3) is 5.91 Å². The topological polar surface area (TPSA) is 53.6 Å². The fourth-order valence-corrected chi connectivity index (χ4v) is 2.78. The second-order valence-electron chi connectivity index (χ2n) is 5.25. The average Bonchev–Trinajstić information content (AvgIpc) is 2.47. The van der Waals surface area contributed by atoms with Crippen LogP contribution < -0.4 is 15.4 Å². The van der Waals surface area contributed by atoms with Crippen LogP contribution in [0, 0.1) is 0 Å². The summed E-state index contributed by atoms with van der Waals surface area (Å²) in [4.78, 5) is 14.3. The Morgan fingerprint density at radius 3 is 2.59 bits per heavy atom. The maximum atomic E-state index is 12.0. The third-order valence-electron chi connectivity index (χ3n) is 3.46. The van der Waals surface area contributed by atoms with Crippen molar-refractivity contribution in [2.24, 2.45) is 0 Å². The van der Waals surface area contributed by atoms with Gasteiger partial charge in [0.2, 0.25) is 0 Å². The Kier molecular flexibility index (Phi) is 6.76. The maximum Gasteiger partial charge on any atom is 0.260 e. The molecule has 1 heterocycles. The molecule has 122 valence electrons. The normalized spacial score (nSPS) is 17.0. The molecule has 1 atom stereocenters. The molecule has 22 heavy (non-hydrogen) atoms. The molecule has 1 aromatic carbocycles. The van der Waals surface area contributed by atoms with Gasteiger partial charge in [0.05, 0.1) is 0 Å². The number of nitrogens with zero attached hydrogens (tertiary/aromatic N) is 1. The minimum atomic E-state index is -0.599. The summed E-state index contributed by atoms with van der Waals surface area (Å²) >= 11 is 11.8. The predicted octanol–water partition coefficient (Wildman–Crippen LogP) is 1.78. The molecule has 5 nitrogen and oxygen atoms in total. The summed E-state index contributed by atoms with van der Waals surface area (Å²) in [5, 5.41) is 7.15. The van der Waals surface area contributed by atoms with Crippen LogP contribution in [0.25, 0.3) is 0 Å². The van der Waals surface area contributed by atoms with Crippen molar-refractivity contribution in [2.75, 3.05) is 39.3 Å². The third-order valence-corrected chi connectivity index (χ3v) is 3.89. The number of halogens is 2. The summed E-state index contributed by atoms with van der Waals surface area (Å²) in [7, 11) is 0. The van der Waals surface area contributed by atoms with Crippen LogP contribution >= 0.6 is 23.2 Å². The van der Waals surface area contributed by atoms with E-state index in [1.807, 2.05) is 0 Å². The molecule has 1 amide bonds. The molecule has 1 aliphatic rings. The van der Waals surface area contributed by atoms with E-state index in [2.05, 4.69) is 15.5 Å². The van der Waals surface area contributed by atoms with Crippen LogP contribution in [0.5, 0.6) is 5.75 Å². The Bertz CT molecular complexity index is 487. The Morgan fingerprint density at radius 1 is 1.32 bits per heavy atom. The van der Waals surface area contributed by atoms with Crippen LogP contribution in [0.3, 0.4) is 0 Å². The first kappa shape index (κ1) is 17.3. The molecule has 2 rings (SSSR count). The van der Waals surface area contributed by atoms with E-state index in [9.17, 15) is 4.79 Å². The number of ether oxygens (including phenoxy) is 1. The van der Waals surface area contributed by atoms with E-state index in [1.165, 1.54) is 0 Å². The Morgan fingerprint density at radius 2 is 1.95 bits per heavy atom. The lowest BCUT2D eigenvalue weighted by Gasteiger charge is -2.27. The van der Waals surface area contributed by atoms with E-state index in [0.29, 0.717) is 22.3 Å². The van der Waals surface area contributed by atoms with E-state index in [1.54, 1.807) is 25.1 Å². The molecule has 0 aliphatic carbocycles. The van der Waals surface area contributed by atoms with E-state index >= 15 is 0 Å². The summed E-state index contributed by atoms with van der Waals surface area (Å²) in [6.45, 7) is 7.21. The molecule has 0 saturated carbocycles. The summed E-state index contributed by atoms with van der Waals surface area (Å²) in [6.07, 6.45) is -0.599. The highest BCUT2D eigenvalue weighted by Gasteiger charge is 2.16. The van der Waals surface area contributed by atoms with Crippen LogP contribution in [0.1, 0.15) is 6.92 Å². The zero-order chi connectivity index (χ0) is 15.9. The van der Waals surface area contributed by atoms with Gasteiger partial charge in [0.15, 0.2) is 6.10 Å². The number of benzene rings is 1. The average molecular weight is 346 g/mol. The molecule has 7 heteroatoms. The molecule has 1 unspecified atom stereocenters. The fourth-order valence-electron chi connectivity index (χ4n) is 2.27. The van der Waals surface area contributed by atoms with Gasteiger partial charge in [-0.05, 0) is 25.1 Å². The molecule has 1 aromatic rings. The molecule has 1 aliphatic heterocycles. The second-order valence-corrected chi connectivity index (χ2v) is 6.12. The lowest BCUT2D eigenvalue weighted by Crippen LogP contribution is -2.47. The standard InChI is InChI=1S/C15H21Cl2N3O2/c1-11(22-14-9-12(16)8-13(17)10-14)15(21)19-4-7-20-5-2-18-3-6-20/h8-11,18H,2-7H2,1H3,(H,19,21). The smallest absolute Gasteiger partial charge is 0.260 e. The van der Waals surface area contributed by atoms with Gasteiger partial charge in [-0.3, -0.25) is 9.69 Å². The van der Waals surface area contributed by atoms with Crippen molar-refractivity contribution in [3.05, 3.63) is 28.2 Å². The van der Waals surface area contributed by atoms with Crippen molar-refractivity contribution in [1.82, 2.24) is 15.5 Å². The van der Waals surface area contributed by atoms with E-state index in [0.717, 1.165) is 32.7 Å². The highest BCUT2D eigenvalue weighted by molar-refractivity contribution is 6.34. The van der Waals surface area contributed by atoms with Gasteiger partial charge in [-0.25, -0.2) is 0 Å². The molecule has 0 aromatic heterocycles. The van der Waals surface area contributed by atoms with Gasteiger partial charge in [0, 0.05) is 49.3 Å². The summed E-state index contributed by atoms with van der Waals surface area (Å²) in [6, 6.07) is 4.89. The zero-order valence-corrected chi connectivity index (χ0v) is 14.1. The molecule has 0 spiro atoms. The Labute approximate surface area is 140 Å².